The van der Waals surface area contributed by atoms with E-state index in [0.717, 1.165) is 43.8 Å². The fourth-order valence-corrected chi connectivity index (χ4v) is 5.52. The summed E-state index contributed by atoms with van der Waals surface area (Å²) in [5.74, 6) is 2.30. The Bertz CT molecular complexity index is 2030. The molecule has 0 radical (unpaired) electrons. The molecule has 9 heteroatoms. The summed E-state index contributed by atoms with van der Waals surface area (Å²) in [4.78, 5) is 38.0. The van der Waals surface area contributed by atoms with Crippen molar-refractivity contribution in [3.05, 3.63) is 97.1 Å². The number of rotatable bonds is 0. The second-order valence-electron chi connectivity index (χ2n) is 9.73. The summed E-state index contributed by atoms with van der Waals surface area (Å²) >= 11 is 0. The van der Waals surface area contributed by atoms with Crippen LogP contribution in [0.2, 0.25) is 0 Å². The number of H-pyrrole nitrogens is 1. The van der Waals surface area contributed by atoms with Crippen molar-refractivity contribution in [1.82, 2.24) is 39.9 Å². The average Bonchev–Trinajstić information content (AvgIpc) is 3.73. The number of hydrogen-bond acceptors (Lipinski definition) is 6. The molecule has 5 heterocycles. The maximum atomic E-state index is 5.00. The van der Waals surface area contributed by atoms with Gasteiger partial charge in [-0.25, -0.2) is 19.9 Å². The molecule has 4 aromatic carbocycles. The van der Waals surface area contributed by atoms with Gasteiger partial charge in [-0.3, -0.25) is 0 Å². The quantitative estimate of drug-likeness (QED) is 0.179. The van der Waals surface area contributed by atoms with Crippen LogP contribution in [-0.2, 0) is 22.4 Å². The molecular formula is C32H17AuN8. The second kappa shape index (κ2) is 9.00. The average molecular weight is 711 g/mol. The first-order valence-electron chi connectivity index (χ1n) is 12.9. The Morgan fingerprint density at radius 1 is 0.390 bits per heavy atom. The van der Waals surface area contributed by atoms with Crippen LogP contribution in [0.1, 0.15) is 0 Å². The number of aromatic nitrogens is 8. The summed E-state index contributed by atoms with van der Waals surface area (Å²) in [6, 6.07) is 32.0. The molecule has 8 bridgehead atoms. The minimum Gasteiger partial charge on any atom is -0.357 e. The molecule has 9 rings (SSSR count). The third-order valence-corrected chi connectivity index (χ3v) is 7.40. The zero-order valence-corrected chi connectivity index (χ0v) is 23.3. The van der Waals surface area contributed by atoms with Gasteiger partial charge in [-0.15, -0.1) is 0 Å². The van der Waals surface area contributed by atoms with E-state index in [0.29, 0.717) is 45.9 Å². The third kappa shape index (κ3) is 3.59. The van der Waals surface area contributed by atoms with Crippen molar-refractivity contribution in [1.29, 1.82) is 0 Å². The van der Waals surface area contributed by atoms with Gasteiger partial charge < -0.3 is 19.9 Å². The molecule has 1 N–H and O–H groups in total. The first-order valence-corrected chi connectivity index (χ1v) is 12.9. The summed E-state index contributed by atoms with van der Waals surface area (Å²) < 4.78 is 0. The minimum absolute atomic E-state index is 0. The summed E-state index contributed by atoms with van der Waals surface area (Å²) in [6.07, 6.45) is 0. The largest absolute Gasteiger partial charge is 1.00 e. The number of nitrogens with one attached hydrogen (secondary N) is 1. The molecule has 41 heavy (non-hydrogen) atoms. The van der Waals surface area contributed by atoms with Gasteiger partial charge in [0, 0.05) is 44.3 Å². The standard InChI is InChI=1S/C32H17N8.Au/c1-2-10-18-17(9-1)25-33-26(18)38-28-21-13-5-6-14-22(21)30(35-28)40-32-24-16-8-7-15-23(24)31(36-32)39-29-20-12-4-3-11-19(20)27(34-29)37-25;/h1-16H,(H-,33,34,35,36,37,38,39,40);/q-1;+1. The van der Waals surface area contributed by atoms with Crippen LogP contribution in [0.5, 0.6) is 0 Å². The Balaban J connectivity index is 0.00000256. The van der Waals surface area contributed by atoms with Crippen LogP contribution in [-0.4, -0.2) is 34.9 Å². The van der Waals surface area contributed by atoms with Gasteiger partial charge in [0.05, 0.1) is 11.6 Å². The summed E-state index contributed by atoms with van der Waals surface area (Å²) in [6.45, 7) is 0. The van der Waals surface area contributed by atoms with Gasteiger partial charge in [0.1, 0.15) is 11.3 Å². The van der Waals surface area contributed by atoms with Crippen molar-refractivity contribution in [2.45, 2.75) is 0 Å². The van der Waals surface area contributed by atoms with Crippen molar-refractivity contribution < 1.29 is 22.4 Å². The zero-order valence-electron chi connectivity index (χ0n) is 21.2. The summed E-state index contributed by atoms with van der Waals surface area (Å²) in [5.41, 5.74) is 6.11. The maximum absolute atomic E-state index is 5.00. The van der Waals surface area contributed by atoms with E-state index in [-0.39, 0.29) is 22.4 Å². The molecule has 0 aliphatic carbocycles. The van der Waals surface area contributed by atoms with Crippen molar-refractivity contribution in [2.75, 3.05) is 0 Å². The fraction of sp³-hybridized carbons (Fsp3) is 0. The zero-order chi connectivity index (χ0) is 26.2. The van der Waals surface area contributed by atoms with Crippen LogP contribution in [0.3, 0.4) is 0 Å². The fourth-order valence-electron chi connectivity index (χ4n) is 5.52. The van der Waals surface area contributed by atoms with Crippen LogP contribution >= 0.6 is 0 Å². The smallest absolute Gasteiger partial charge is 0.357 e. The van der Waals surface area contributed by atoms with Gasteiger partial charge in [0.15, 0.2) is 11.6 Å². The molecule has 0 saturated carbocycles. The Kier molecular flexibility index (Phi) is 5.23. The number of aromatic amines is 1. The van der Waals surface area contributed by atoms with E-state index in [4.69, 9.17) is 34.9 Å². The molecule has 0 amide bonds. The number of benzene rings is 4. The molecule has 2 aliphatic rings. The predicted octanol–water partition coefficient (Wildman–Crippen LogP) is 6.50. The monoisotopic (exact) mass is 710 g/mol. The normalized spacial score (nSPS) is 11.7. The Labute approximate surface area is 248 Å². The van der Waals surface area contributed by atoms with Crippen molar-refractivity contribution in [3.63, 3.8) is 0 Å². The molecule has 2 aliphatic heterocycles. The van der Waals surface area contributed by atoms with Gasteiger partial charge >= 0.3 is 22.4 Å². The molecule has 8 nitrogen and oxygen atoms in total. The maximum Gasteiger partial charge on any atom is 1.00 e. The van der Waals surface area contributed by atoms with Gasteiger partial charge in [-0.2, -0.15) is 0 Å². The topological polar surface area (TPSA) is 107 Å². The van der Waals surface area contributed by atoms with Crippen LogP contribution in [0, 0.1) is 0 Å². The van der Waals surface area contributed by atoms with E-state index in [1.165, 1.54) is 0 Å². The van der Waals surface area contributed by atoms with Gasteiger partial charge in [0.25, 0.3) is 0 Å². The number of nitrogens with zero attached hydrogens (tertiary/aromatic N) is 7. The van der Waals surface area contributed by atoms with E-state index in [1.54, 1.807) is 0 Å². The Hall–Kier alpha value is -5.02. The molecule has 0 spiro atoms. The predicted molar refractivity (Wildman–Crippen MR) is 155 cm³/mol. The SMILES string of the molecule is [Au+].c1ccc2c(c1)-c1nc-2nc2[nH]c(nc3nc(nc4[n-]c(n1)c1ccccc41)-c1ccccc1-3)c1ccccc21. The molecule has 7 aromatic rings. The van der Waals surface area contributed by atoms with E-state index in [9.17, 15) is 0 Å². The van der Waals surface area contributed by atoms with Gasteiger partial charge in [-0.05, 0) is 10.8 Å². The van der Waals surface area contributed by atoms with Gasteiger partial charge in [-0.1, -0.05) is 97.1 Å². The second-order valence-corrected chi connectivity index (χ2v) is 9.73. The first-order chi connectivity index (χ1) is 19.8. The van der Waals surface area contributed by atoms with E-state index in [2.05, 4.69) is 4.98 Å². The van der Waals surface area contributed by atoms with Crippen LogP contribution in [0.4, 0.5) is 0 Å². The summed E-state index contributed by atoms with van der Waals surface area (Å²) in [5, 5.41) is 3.70. The summed E-state index contributed by atoms with van der Waals surface area (Å²) in [7, 11) is 0. The first kappa shape index (κ1) is 23.8. The molecule has 3 aromatic heterocycles. The number of hydrogen-bond donors (Lipinski definition) is 1. The Morgan fingerprint density at radius 3 is 1.15 bits per heavy atom. The Morgan fingerprint density at radius 2 is 0.732 bits per heavy atom. The number of fused-ring (bicyclic) bond motifs is 20. The van der Waals surface area contributed by atoms with E-state index in [1.807, 2.05) is 97.1 Å². The van der Waals surface area contributed by atoms with Crippen molar-refractivity contribution in [3.8, 4) is 45.6 Å². The minimum atomic E-state index is 0. The molecule has 0 atom stereocenters. The van der Waals surface area contributed by atoms with E-state index < -0.39 is 0 Å². The third-order valence-electron chi connectivity index (χ3n) is 7.40. The van der Waals surface area contributed by atoms with E-state index >= 15 is 0 Å². The van der Waals surface area contributed by atoms with Gasteiger partial charge in [0.2, 0.25) is 0 Å². The molecule has 0 fully saturated rings. The van der Waals surface area contributed by atoms with Crippen molar-refractivity contribution in [2.24, 2.45) is 0 Å². The molecular weight excluding hydrogens is 693 g/mol. The molecule has 0 unspecified atom stereocenters. The van der Waals surface area contributed by atoms with Crippen LogP contribution in [0.15, 0.2) is 97.1 Å². The van der Waals surface area contributed by atoms with Crippen molar-refractivity contribution >= 4 is 44.1 Å². The molecule has 0 saturated heterocycles. The molecule has 196 valence electrons. The van der Waals surface area contributed by atoms with Crippen LogP contribution in [0.25, 0.3) is 89.7 Å². The van der Waals surface area contributed by atoms with Crippen LogP contribution < -0.4 is 4.98 Å².